The van der Waals surface area contributed by atoms with E-state index in [1.165, 1.54) is 5.56 Å². The molecule has 0 aliphatic heterocycles. The zero-order valence-electron chi connectivity index (χ0n) is 18.9. The number of unbranched alkanes of at least 4 members (excludes halogenated alkanes) is 1. The van der Waals surface area contributed by atoms with Crippen LogP contribution in [-0.4, -0.2) is 34.0 Å². The van der Waals surface area contributed by atoms with Crippen molar-refractivity contribution in [3.63, 3.8) is 0 Å². The second-order valence-corrected chi connectivity index (χ2v) is 11.4. The van der Waals surface area contributed by atoms with Gasteiger partial charge in [0.05, 0.1) is 4.90 Å². The summed E-state index contributed by atoms with van der Waals surface area (Å²) in [6.45, 7) is 2.68. The van der Waals surface area contributed by atoms with Crippen molar-refractivity contribution in [2.24, 2.45) is 5.41 Å². The minimum atomic E-state index is -3.56. The molecule has 0 spiro atoms. The Morgan fingerprint density at radius 1 is 0.968 bits per heavy atom. The van der Waals surface area contributed by atoms with Gasteiger partial charge in [0.25, 0.3) is 0 Å². The molecule has 6 heteroatoms. The summed E-state index contributed by atoms with van der Waals surface area (Å²) in [4.78, 5) is 2.62. The van der Waals surface area contributed by atoms with Crippen molar-refractivity contribution in [1.82, 2.24) is 9.62 Å². The molecule has 1 N–H and O–H groups in total. The average molecular weight is 463 g/mol. The summed E-state index contributed by atoms with van der Waals surface area (Å²) >= 11 is 5.92. The number of hydrogen-bond donors (Lipinski definition) is 1. The zero-order valence-corrected chi connectivity index (χ0v) is 20.5. The summed E-state index contributed by atoms with van der Waals surface area (Å²) in [6, 6.07) is 17.1. The Bertz CT molecular complexity index is 935. The highest BCUT2D eigenvalue weighted by molar-refractivity contribution is 7.89. The highest BCUT2D eigenvalue weighted by atomic mass is 35.5. The third kappa shape index (κ3) is 5.51. The Hall–Kier alpha value is -1.40. The Kier molecular flexibility index (Phi) is 7.85. The molecule has 170 valence electrons. The molecule has 0 aromatic heterocycles. The van der Waals surface area contributed by atoms with E-state index in [0.717, 1.165) is 44.9 Å². The van der Waals surface area contributed by atoms with Crippen LogP contribution < -0.4 is 4.72 Å². The van der Waals surface area contributed by atoms with Crippen molar-refractivity contribution in [3.8, 4) is 0 Å². The molecule has 0 atom stereocenters. The molecule has 0 amide bonds. The monoisotopic (exact) mass is 462 g/mol. The van der Waals surface area contributed by atoms with Gasteiger partial charge in [-0.3, -0.25) is 4.90 Å². The number of rotatable bonds is 9. The topological polar surface area (TPSA) is 49.4 Å². The minimum Gasteiger partial charge on any atom is -0.300 e. The average Bonchev–Trinajstić information content (AvgIpc) is 2.78. The van der Waals surface area contributed by atoms with Gasteiger partial charge in [-0.15, -0.1) is 0 Å². The van der Waals surface area contributed by atoms with E-state index in [9.17, 15) is 8.42 Å². The van der Waals surface area contributed by atoms with Gasteiger partial charge in [-0.2, -0.15) is 0 Å². The molecule has 0 radical (unpaired) electrons. The molecule has 2 aromatic rings. The van der Waals surface area contributed by atoms with Crippen LogP contribution in [-0.2, 0) is 15.6 Å². The van der Waals surface area contributed by atoms with Crippen LogP contribution in [0.15, 0.2) is 59.5 Å². The van der Waals surface area contributed by atoms with Gasteiger partial charge < -0.3 is 0 Å². The van der Waals surface area contributed by atoms with E-state index in [1.54, 1.807) is 24.3 Å². The molecule has 1 aliphatic carbocycles. The van der Waals surface area contributed by atoms with E-state index in [1.807, 2.05) is 0 Å². The molecule has 0 bridgehead atoms. The number of sulfonamides is 1. The highest BCUT2D eigenvalue weighted by Gasteiger charge is 2.44. The third-order valence-corrected chi connectivity index (χ3v) is 8.80. The molecule has 2 aromatic carbocycles. The maximum Gasteiger partial charge on any atom is 0.240 e. The van der Waals surface area contributed by atoms with Crippen LogP contribution in [0.25, 0.3) is 0 Å². The summed E-state index contributed by atoms with van der Waals surface area (Å²) < 4.78 is 28.7. The molecule has 31 heavy (non-hydrogen) atoms. The first kappa shape index (κ1) is 24.2. The van der Waals surface area contributed by atoms with Crippen molar-refractivity contribution in [3.05, 3.63) is 65.2 Å². The second-order valence-electron chi connectivity index (χ2n) is 9.17. The van der Waals surface area contributed by atoms with Gasteiger partial charge in [-0.1, -0.05) is 61.7 Å². The first-order chi connectivity index (χ1) is 14.7. The van der Waals surface area contributed by atoms with E-state index in [2.05, 4.69) is 61.0 Å². The summed E-state index contributed by atoms with van der Waals surface area (Å²) in [5.74, 6) is 0. The zero-order chi connectivity index (χ0) is 22.5. The van der Waals surface area contributed by atoms with Crippen LogP contribution in [0.4, 0.5) is 0 Å². The predicted molar refractivity (Wildman–Crippen MR) is 129 cm³/mol. The van der Waals surface area contributed by atoms with Crippen molar-refractivity contribution in [2.75, 3.05) is 20.6 Å². The van der Waals surface area contributed by atoms with Gasteiger partial charge in [-0.25, -0.2) is 13.1 Å². The van der Waals surface area contributed by atoms with E-state index >= 15 is 0 Å². The maximum absolute atomic E-state index is 12.9. The van der Waals surface area contributed by atoms with Crippen molar-refractivity contribution in [1.29, 1.82) is 0 Å². The lowest BCUT2D eigenvalue weighted by Gasteiger charge is -2.50. The molecule has 1 aliphatic rings. The van der Waals surface area contributed by atoms with Gasteiger partial charge in [0.15, 0.2) is 0 Å². The Morgan fingerprint density at radius 3 is 2.13 bits per heavy atom. The normalized spacial score (nSPS) is 24.4. The summed E-state index contributed by atoms with van der Waals surface area (Å²) in [6.07, 6.45) is 7.33. The molecule has 1 saturated carbocycles. The fourth-order valence-electron chi connectivity index (χ4n) is 4.95. The smallest absolute Gasteiger partial charge is 0.240 e. The van der Waals surface area contributed by atoms with Crippen LogP contribution in [0.3, 0.4) is 0 Å². The largest absolute Gasteiger partial charge is 0.300 e. The molecule has 0 saturated heterocycles. The lowest BCUT2D eigenvalue weighted by Crippen LogP contribution is -2.49. The molecule has 0 unspecified atom stereocenters. The lowest BCUT2D eigenvalue weighted by molar-refractivity contribution is 0.0314. The molecule has 1 fully saturated rings. The minimum absolute atomic E-state index is 0.00598. The van der Waals surface area contributed by atoms with Crippen LogP contribution in [0, 0.1) is 5.41 Å². The van der Waals surface area contributed by atoms with Crippen LogP contribution in [0.1, 0.15) is 57.4 Å². The van der Waals surface area contributed by atoms with Gasteiger partial charge in [0, 0.05) is 17.1 Å². The van der Waals surface area contributed by atoms with E-state index < -0.39 is 10.0 Å². The first-order valence-corrected chi connectivity index (χ1v) is 13.1. The van der Waals surface area contributed by atoms with Crippen LogP contribution >= 0.6 is 11.6 Å². The number of benzene rings is 2. The molecule has 4 nitrogen and oxygen atoms in total. The molecule has 3 rings (SSSR count). The first-order valence-electron chi connectivity index (χ1n) is 11.2. The SMILES string of the molecule is CCCCC1(CNS(=O)(=O)c2ccc(Cl)cc2)CCC(c2ccccc2)(N(C)C)CC1. The Morgan fingerprint density at radius 2 is 1.58 bits per heavy atom. The fourth-order valence-corrected chi connectivity index (χ4v) is 6.23. The fraction of sp³-hybridized carbons (Fsp3) is 0.520. The Balaban J connectivity index is 1.78. The number of halogens is 1. The van der Waals surface area contributed by atoms with Crippen molar-refractivity contribution < 1.29 is 8.42 Å². The van der Waals surface area contributed by atoms with Gasteiger partial charge in [0.1, 0.15) is 0 Å². The summed E-state index contributed by atoms with van der Waals surface area (Å²) in [5.41, 5.74) is 1.35. The molecule has 0 heterocycles. The molecular formula is C25H35ClN2O2S. The summed E-state index contributed by atoms with van der Waals surface area (Å²) in [5, 5.41) is 0.534. The third-order valence-electron chi connectivity index (χ3n) is 7.13. The maximum atomic E-state index is 12.9. The second kappa shape index (κ2) is 10.0. The predicted octanol–water partition coefficient (Wildman–Crippen LogP) is 5.83. The van der Waals surface area contributed by atoms with Crippen LogP contribution in [0.5, 0.6) is 0 Å². The highest BCUT2D eigenvalue weighted by Crippen LogP contribution is 2.50. The van der Waals surface area contributed by atoms with Gasteiger partial charge in [0.2, 0.25) is 10.0 Å². The van der Waals surface area contributed by atoms with E-state index in [4.69, 9.17) is 11.6 Å². The van der Waals surface area contributed by atoms with Crippen molar-refractivity contribution >= 4 is 21.6 Å². The molecular weight excluding hydrogens is 428 g/mol. The summed E-state index contributed by atoms with van der Waals surface area (Å²) in [7, 11) is 0.768. The standard InChI is InChI=1S/C25H35ClN2O2S/c1-4-5-15-24(20-27-31(29,30)23-13-11-22(26)12-14-23)16-18-25(19-17-24,28(2)3)21-9-7-6-8-10-21/h6-14,27H,4-5,15-20H2,1-3H3. The van der Waals surface area contributed by atoms with Crippen LogP contribution in [0.2, 0.25) is 5.02 Å². The Labute approximate surface area is 193 Å². The lowest BCUT2D eigenvalue weighted by atomic mass is 9.63. The van der Waals surface area contributed by atoms with Gasteiger partial charge >= 0.3 is 0 Å². The van der Waals surface area contributed by atoms with Crippen molar-refractivity contribution in [2.45, 2.75) is 62.3 Å². The van der Waals surface area contributed by atoms with E-state index in [-0.39, 0.29) is 15.8 Å². The number of nitrogens with one attached hydrogen (secondary N) is 1. The number of hydrogen-bond acceptors (Lipinski definition) is 3. The van der Waals surface area contributed by atoms with Gasteiger partial charge in [-0.05, 0) is 81.4 Å². The quantitative estimate of drug-likeness (QED) is 0.510. The van der Waals surface area contributed by atoms with E-state index in [0.29, 0.717) is 11.6 Å². The number of nitrogens with zero attached hydrogens (tertiary/aromatic N) is 1.